The number of aryl methyl sites for hydroxylation is 1. The van der Waals surface area contributed by atoms with E-state index in [1.165, 1.54) is 11.4 Å². The lowest BCUT2D eigenvalue weighted by Crippen LogP contribution is -2.36. The summed E-state index contributed by atoms with van der Waals surface area (Å²) >= 11 is 5.82. The Balaban J connectivity index is 1.60. The van der Waals surface area contributed by atoms with Crippen molar-refractivity contribution in [2.45, 2.75) is 38.0 Å². The minimum absolute atomic E-state index is 0.0168. The summed E-state index contributed by atoms with van der Waals surface area (Å²) in [4.78, 5) is 6.96. The Kier molecular flexibility index (Phi) is 5.27. The van der Waals surface area contributed by atoms with E-state index in [0.717, 1.165) is 42.5 Å². The highest BCUT2D eigenvalue weighted by Crippen LogP contribution is 2.40. The van der Waals surface area contributed by atoms with Crippen LogP contribution in [0.2, 0.25) is 0 Å². The maximum atomic E-state index is 5.96. The van der Waals surface area contributed by atoms with Gasteiger partial charge in [0.2, 0.25) is 0 Å². The van der Waals surface area contributed by atoms with Crippen molar-refractivity contribution in [3.8, 4) is 5.69 Å². The van der Waals surface area contributed by atoms with Gasteiger partial charge in [0.1, 0.15) is 0 Å². The van der Waals surface area contributed by atoms with Crippen LogP contribution in [0.15, 0.2) is 66.9 Å². The van der Waals surface area contributed by atoms with Crippen LogP contribution in [-0.4, -0.2) is 38.8 Å². The van der Waals surface area contributed by atoms with Gasteiger partial charge in [0, 0.05) is 36.4 Å². The van der Waals surface area contributed by atoms with Gasteiger partial charge in [0.15, 0.2) is 5.11 Å². The van der Waals surface area contributed by atoms with Crippen LogP contribution in [-0.2, 0) is 4.74 Å². The molecule has 154 valence electrons. The minimum atomic E-state index is -0.0168. The van der Waals surface area contributed by atoms with Gasteiger partial charge < -0.3 is 19.5 Å². The second-order valence-corrected chi connectivity index (χ2v) is 8.37. The largest absolute Gasteiger partial charge is 0.376 e. The predicted octanol–water partition coefficient (Wildman–Crippen LogP) is 4.33. The first-order chi connectivity index (χ1) is 14.7. The third-order valence-corrected chi connectivity index (χ3v) is 6.40. The van der Waals surface area contributed by atoms with Gasteiger partial charge in [0.25, 0.3) is 0 Å². The van der Waals surface area contributed by atoms with Gasteiger partial charge in [-0.3, -0.25) is 4.98 Å². The highest BCUT2D eigenvalue weighted by Gasteiger charge is 2.42. The summed E-state index contributed by atoms with van der Waals surface area (Å²) in [6, 6.07) is 21.0. The molecule has 4 heterocycles. The molecule has 2 aliphatic rings. The van der Waals surface area contributed by atoms with E-state index in [4.69, 9.17) is 17.0 Å². The molecule has 3 aromatic rings. The van der Waals surface area contributed by atoms with E-state index < -0.39 is 0 Å². The zero-order chi connectivity index (χ0) is 20.5. The summed E-state index contributed by atoms with van der Waals surface area (Å²) in [5.41, 5.74) is 4.56. The summed E-state index contributed by atoms with van der Waals surface area (Å²) in [6.07, 6.45) is 4.27. The average Bonchev–Trinajstić information content (AvgIpc) is 3.50. The Morgan fingerprint density at radius 1 is 1.10 bits per heavy atom. The third kappa shape index (κ3) is 3.50. The smallest absolute Gasteiger partial charge is 0.170 e. The fourth-order valence-corrected chi connectivity index (χ4v) is 4.97. The number of rotatable bonds is 5. The zero-order valence-corrected chi connectivity index (χ0v) is 17.9. The number of nitrogens with one attached hydrogen (secondary N) is 1. The van der Waals surface area contributed by atoms with E-state index >= 15 is 0 Å². The van der Waals surface area contributed by atoms with Crippen LogP contribution < -0.4 is 5.32 Å². The highest BCUT2D eigenvalue weighted by molar-refractivity contribution is 7.80. The van der Waals surface area contributed by atoms with Crippen LogP contribution in [0, 0.1) is 6.92 Å². The normalized spacial score (nSPS) is 23.7. The summed E-state index contributed by atoms with van der Waals surface area (Å²) < 4.78 is 8.29. The Hall–Kier alpha value is -2.70. The molecule has 1 aromatic carbocycles. The van der Waals surface area contributed by atoms with E-state index in [-0.39, 0.29) is 18.2 Å². The average molecular weight is 419 g/mol. The number of hydrogen-bond donors (Lipinski definition) is 1. The van der Waals surface area contributed by atoms with Gasteiger partial charge in [-0.15, -0.1) is 0 Å². The summed E-state index contributed by atoms with van der Waals surface area (Å²) in [5, 5.41) is 4.32. The maximum absolute atomic E-state index is 5.96. The highest BCUT2D eigenvalue weighted by atomic mass is 32.1. The van der Waals surface area contributed by atoms with Crippen molar-refractivity contribution in [3.63, 3.8) is 0 Å². The van der Waals surface area contributed by atoms with Crippen molar-refractivity contribution >= 4 is 17.3 Å². The van der Waals surface area contributed by atoms with Crippen molar-refractivity contribution in [1.82, 2.24) is 19.8 Å². The lowest BCUT2D eigenvalue weighted by Gasteiger charge is -2.30. The number of benzene rings is 1. The number of pyridine rings is 1. The molecule has 2 aromatic heterocycles. The van der Waals surface area contributed by atoms with E-state index in [1.54, 1.807) is 0 Å². The van der Waals surface area contributed by atoms with Crippen molar-refractivity contribution in [2.75, 3.05) is 13.2 Å². The first-order valence-electron chi connectivity index (χ1n) is 10.6. The lowest BCUT2D eigenvalue weighted by atomic mass is 10.0. The monoisotopic (exact) mass is 418 g/mol. The van der Waals surface area contributed by atoms with Crippen molar-refractivity contribution < 1.29 is 4.74 Å². The topological polar surface area (TPSA) is 42.3 Å². The number of para-hydroxylation sites is 1. The first kappa shape index (κ1) is 19.3. The number of hydrogen-bond acceptors (Lipinski definition) is 3. The number of aromatic nitrogens is 2. The molecule has 2 fully saturated rings. The molecule has 0 bridgehead atoms. The Morgan fingerprint density at radius 3 is 2.67 bits per heavy atom. The molecule has 5 rings (SSSR count). The van der Waals surface area contributed by atoms with Crippen LogP contribution in [0.3, 0.4) is 0 Å². The van der Waals surface area contributed by atoms with Crippen molar-refractivity contribution in [3.05, 3.63) is 83.9 Å². The van der Waals surface area contributed by atoms with E-state index in [1.807, 2.05) is 18.3 Å². The van der Waals surface area contributed by atoms with Gasteiger partial charge in [-0.1, -0.05) is 24.3 Å². The van der Waals surface area contributed by atoms with Crippen molar-refractivity contribution in [1.29, 1.82) is 0 Å². The SMILES string of the molecule is Cc1ccc([C@@H]2[C@H](c3ccccn3)NC(=S)N2C[C@@H]2CCCO2)n1-c1ccccc1. The Labute approximate surface area is 182 Å². The molecular weight excluding hydrogens is 392 g/mol. The molecule has 2 aliphatic heterocycles. The molecule has 0 unspecified atom stereocenters. The number of nitrogens with zero attached hydrogens (tertiary/aromatic N) is 3. The standard InChI is InChI=1S/C24H26N4OS/c1-17-12-13-21(28(17)18-8-3-2-4-9-18)23-22(20-11-5-6-14-25-20)26-24(30)27(23)16-19-10-7-15-29-19/h2-6,8-9,11-14,19,22-23H,7,10,15-16H2,1H3,(H,26,30)/t19-,22-,23+/m0/s1. The second kappa shape index (κ2) is 8.20. The van der Waals surface area contributed by atoms with Gasteiger partial charge in [-0.25, -0.2) is 0 Å². The zero-order valence-electron chi connectivity index (χ0n) is 17.1. The maximum Gasteiger partial charge on any atom is 0.170 e. The Bertz CT molecular complexity index is 1010. The summed E-state index contributed by atoms with van der Waals surface area (Å²) in [5.74, 6) is 0. The van der Waals surface area contributed by atoms with Gasteiger partial charge in [-0.05, 0) is 68.4 Å². The van der Waals surface area contributed by atoms with Crippen LogP contribution >= 0.6 is 12.2 Å². The molecule has 0 saturated carbocycles. The second-order valence-electron chi connectivity index (χ2n) is 7.98. The van der Waals surface area contributed by atoms with E-state index in [9.17, 15) is 0 Å². The van der Waals surface area contributed by atoms with Crippen molar-refractivity contribution in [2.24, 2.45) is 0 Å². The van der Waals surface area contributed by atoms with Crippen LogP contribution in [0.25, 0.3) is 5.69 Å². The summed E-state index contributed by atoms with van der Waals surface area (Å²) in [7, 11) is 0. The number of ether oxygens (including phenoxy) is 1. The molecule has 30 heavy (non-hydrogen) atoms. The Morgan fingerprint density at radius 2 is 1.93 bits per heavy atom. The van der Waals surface area contributed by atoms with Crippen LogP contribution in [0.5, 0.6) is 0 Å². The van der Waals surface area contributed by atoms with Crippen LogP contribution in [0.1, 0.15) is 42.0 Å². The fraction of sp³-hybridized carbons (Fsp3) is 0.333. The third-order valence-electron chi connectivity index (χ3n) is 6.05. The molecule has 0 spiro atoms. The lowest BCUT2D eigenvalue weighted by molar-refractivity contribution is 0.0836. The van der Waals surface area contributed by atoms with Crippen LogP contribution in [0.4, 0.5) is 0 Å². The molecule has 5 nitrogen and oxygen atoms in total. The molecule has 1 N–H and O–H groups in total. The molecule has 2 saturated heterocycles. The predicted molar refractivity (Wildman–Crippen MR) is 122 cm³/mol. The number of thiocarbonyl (C=S) groups is 1. The summed E-state index contributed by atoms with van der Waals surface area (Å²) in [6.45, 7) is 3.78. The van der Waals surface area contributed by atoms with Gasteiger partial charge in [0.05, 0.1) is 23.9 Å². The molecule has 6 heteroatoms. The fourth-order valence-electron chi connectivity index (χ4n) is 4.65. The van der Waals surface area contributed by atoms with E-state index in [0.29, 0.717) is 0 Å². The molecule has 0 radical (unpaired) electrons. The minimum Gasteiger partial charge on any atom is -0.376 e. The van der Waals surface area contributed by atoms with E-state index in [2.05, 4.69) is 75.2 Å². The molecular formula is C24H26N4OS. The van der Waals surface area contributed by atoms with Gasteiger partial charge in [-0.2, -0.15) is 0 Å². The van der Waals surface area contributed by atoms with Gasteiger partial charge >= 0.3 is 0 Å². The molecule has 3 atom stereocenters. The first-order valence-corrected chi connectivity index (χ1v) is 11.0. The quantitative estimate of drug-likeness (QED) is 0.625. The molecule has 0 amide bonds. The molecule has 0 aliphatic carbocycles.